The van der Waals surface area contributed by atoms with Crippen LogP contribution in [0.15, 0.2) is 40.0 Å². The monoisotopic (exact) mass is 374 g/mol. The highest BCUT2D eigenvalue weighted by atomic mass is 35.5. The van der Waals surface area contributed by atoms with Crippen molar-refractivity contribution in [3.63, 3.8) is 0 Å². The van der Waals surface area contributed by atoms with E-state index < -0.39 is 0 Å². The first-order chi connectivity index (χ1) is 12.0. The van der Waals surface area contributed by atoms with Gasteiger partial charge in [0.15, 0.2) is 0 Å². The minimum Gasteiger partial charge on any atom is -0.468 e. The Balaban J connectivity index is 1.72. The van der Waals surface area contributed by atoms with E-state index in [-0.39, 0.29) is 0 Å². The fourth-order valence-corrected chi connectivity index (χ4v) is 3.53. The minimum atomic E-state index is 0.548. The molecular formula is C18H19ClN4OS. The molecule has 0 amide bonds. The molecule has 7 heteroatoms. The molecule has 1 N–H and O–H groups in total. The Bertz CT molecular complexity index is 868. The standard InChI is InChI=1S/C18H19ClN4OS/c1-11-15(9-21-18-17(19)12(2)22-13(3)23-18)20-7-6-16(11)25-10-14-5-4-8-24-14/h4-8H,9-10H2,1-3H3,(H,21,22,23). The lowest BCUT2D eigenvalue weighted by Crippen LogP contribution is -2.08. The van der Waals surface area contributed by atoms with Crippen molar-refractivity contribution in [1.82, 2.24) is 15.0 Å². The Morgan fingerprint density at radius 1 is 1.20 bits per heavy atom. The highest BCUT2D eigenvalue weighted by Gasteiger charge is 2.11. The van der Waals surface area contributed by atoms with Gasteiger partial charge in [0.05, 0.1) is 29.9 Å². The molecule has 0 aromatic carbocycles. The number of pyridine rings is 1. The fraction of sp³-hybridized carbons (Fsp3) is 0.278. The van der Waals surface area contributed by atoms with Crippen LogP contribution in [0.5, 0.6) is 0 Å². The maximum atomic E-state index is 6.29. The number of aryl methyl sites for hydroxylation is 2. The summed E-state index contributed by atoms with van der Waals surface area (Å²) >= 11 is 8.02. The van der Waals surface area contributed by atoms with Gasteiger partial charge in [0.25, 0.3) is 0 Å². The van der Waals surface area contributed by atoms with Gasteiger partial charge in [-0.05, 0) is 44.5 Å². The summed E-state index contributed by atoms with van der Waals surface area (Å²) in [6.45, 7) is 6.35. The third kappa shape index (κ3) is 4.32. The summed E-state index contributed by atoms with van der Waals surface area (Å²) in [6.07, 6.45) is 3.52. The highest BCUT2D eigenvalue weighted by molar-refractivity contribution is 7.98. The van der Waals surface area contributed by atoms with E-state index in [1.807, 2.05) is 38.2 Å². The van der Waals surface area contributed by atoms with Gasteiger partial charge in [-0.3, -0.25) is 4.98 Å². The zero-order valence-electron chi connectivity index (χ0n) is 14.3. The second-order valence-electron chi connectivity index (χ2n) is 5.62. The molecule has 25 heavy (non-hydrogen) atoms. The molecule has 3 rings (SSSR count). The Morgan fingerprint density at radius 3 is 2.80 bits per heavy atom. The van der Waals surface area contributed by atoms with Gasteiger partial charge in [0, 0.05) is 11.1 Å². The molecule has 130 valence electrons. The average molecular weight is 375 g/mol. The first kappa shape index (κ1) is 17.8. The summed E-state index contributed by atoms with van der Waals surface area (Å²) in [7, 11) is 0. The topological polar surface area (TPSA) is 63.8 Å². The molecule has 0 bridgehead atoms. The summed E-state index contributed by atoms with van der Waals surface area (Å²) in [4.78, 5) is 14.3. The van der Waals surface area contributed by atoms with Gasteiger partial charge in [-0.15, -0.1) is 11.8 Å². The van der Waals surface area contributed by atoms with Crippen LogP contribution in [-0.2, 0) is 12.3 Å². The van der Waals surface area contributed by atoms with Crippen LogP contribution in [-0.4, -0.2) is 15.0 Å². The van der Waals surface area contributed by atoms with Crippen molar-refractivity contribution >= 4 is 29.2 Å². The highest BCUT2D eigenvalue weighted by Crippen LogP contribution is 2.28. The number of rotatable bonds is 6. The van der Waals surface area contributed by atoms with Crippen LogP contribution in [0, 0.1) is 20.8 Å². The lowest BCUT2D eigenvalue weighted by atomic mass is 10.2. The van der Waals surface area contributed by atoms with Gasteiger partial charge in [0.2, 0.25) is 0 Å². The third-order valence-electron chi connectivity index (χ3n) is 3.76. The predicted molar refractivity (Wildman–Crippen MR) is 101 cm³/mol. The molecule has 0 saturated carbocycles. The maximum Gasteiger partial charge on any atom is 0.149 e. The first-order valence-electron chi connectivity index (χ1n) is 7.89. The predicted octanol–water partition coefficient (Wildman–Crippen LogP) is 4.95. The quantitative estimate of drug-likeness (QED) is 0.616. The summed E-state index contributed by atoms with van der Waals surface area (Å²) in [5.74, 6) is 3.08. The second-order valence-corrected chi connectivity index (χ2v) is 7.02. The van der Waals surface area contributed by atoms with Gasteiger partial charge in [-0.25, -0.2) is 9.97 Å². The van der Waals surface area contributed by atoms with Crippen molar-refractivity contribution in [3.05, 3.63) is 64.2 Å². The van der Waals surface area contributed by atoms with E-state index in [0.29, 0.717) is 23.2 Å². The van der Waals surface area contributed by atoms with Crippen LogP contribution in [0.1, 0.15) is 28.5 Å². The number of anilines is 1. The summed E-state index contributed by atoms with van der Waals surface area (Å²) < 4.78 is 5.39. The number of furan rings is 1. The lowest BCUT2D eigenvalue weighted by molar-refractivity contribution is 0.530. The molecule has 0 aliphatic rings. The van der Waals surface area contributed by atoms with E-state index in [1.54, 1.807) is 18.0 Å². The molecule has 0 spiro atoms. The number of thioether (sulfide) groups is 1. The van der Waals surface area contributed by atoms with Crippen LogP contribution in [0.2, 0.25) is 5.02 Å². The van der Waals surface area contributed by atoms with E-state index in [4.69, 9.17) is 16.0 Å². The van der Waals surface area contributed by atoms with Gasteiger partial charge in [0.1, 0.15) is 22.4 Å². The smallest absolute Gasteiger partial charge is 0.149 e. The van der Waals surface area contributed by atoms with Gasteiger partial charge in [-0.2, -0.15) is 0 Å². The number of hydrogen-bond acceptors (Lipinski definition) is 6. The Labute approximate surface area is 156 Å². The van der Waals surface area contributed by atoms with Crippen molar-refractivity contribution < 1.29 is 4.42 Å². The van der Waals surface area contributed by atoms with Crippen LogP contribution in [0.3, 0.4) is 0 Å². The summed E-state index contributed by atoms with van der Waals surface area (Å²) in [5, 5.41) is 3.82. The summed E-state index contributed by atoms with van der Waals surface area (Å²) in [5.41, 5.74) is 2.88. The van der Waals surface area contributed by atoms with Crippen LogP contribution >= 0.6 is 23.4 Å². The molecule has 0 fully saturated rings. The molecule has 0 aliphatic heterocycles. The molecule has 3 aromatic rings. The van der Waals surface area contributed by atoms with Gasteiger partial charge < -0.3 is 9.73 Å². The first-order valence-corrected chi connectivity index (χ1v) is 9.25. The normalized spacial score (nSPS) is 10.9. The number of nitrogens with one attached hydrogen (secondary N) is 1. The van der Waals surface area contributed by atoms with Crippen molar-refractivity contribution in [3.8, 4) is 0 Å². The van der Waals surface area contributed by atoms with E-state index in [2.05, 4.69) is 27.2 Å². The molecule has 0 aliphatic carbocycles. The number of nitrogens with zero attached hydrogens (tertiary/aromatic N) is 3. The lowest BCUT2D eigenvalue weighted by Gasteiger charge is -2.12. The van der Waals surface area contributed by atoms with Crippen molar-refractivity contribution in [2.45, 2.75) is 38.0 Å². The van der Waals surface area contributed by atoms with Crippen molar-refractivity contribution in [2.24, 2.45) is 0 Å². The molecule has 0 atom stereocenters. The van der Waals surface area contributed by atoms with Crippen LogP contribution in [0.25, 0.3) is 0 Å². The number of aromatic nitrogens is 3. The second kappa shape index (κ2) is 7.89. The third-order valence-corrected chi connectivity index (χ3v) is 5.40. The van der Waals surface area contributed by atoms with Crippen LogP contribution < -0.4 is 5.32 Å². The molecule has 5 nitrogen and oxygen atoms in total. The van der Waals surface area contributed by atoms with E-state index in [0.717, 1.165) is 28.5 Å². The zero-order valence-corrected chi connectivity index (χ0v) is 15.9. The van der Waals surface area contributed by atoms with Gasteiger partial charge in [-0.1, -0.05) is 11.6 Å². The molecule has 0 radical (unpaired) electrons. The van der Waals surface area contributed by atoms with E-state index in [1.165, 1.54) is 4.90 Å². The Hall–Kier alpha value is -2.05. The Kier molecular flexibility index (Phi) is 5.60. The van der Waals surface area contributed by atoms with Crippen molar-refractivity contribution in [2.75, 3.05) is 5.32 Å². The molecule has 3 heterocycles. The molecule has 3 aromatic heterocycles. The molecule has 0 saturated heterocycles. The SMILES string of the molecule is Cc1nc(C)c(Cl)c(NCc2nccc(SCc3ccco3)c2C)n1. The Morgan fingerprint density at radius 2 is 2.04 bits per heavy atom. The molecular weight excluding hydrogens is 356 g/mol. The zero-order chi connectivity index (χ0) is 17.8. The maximum absolute atomic E-state index is 6.29. The van der Waals surface area contributed by atoms with E-state index in [9.17, 15) is 0 Å². The summed E-state index contributed by atoms with van der Waals surface area (Å²) in [6, 6.07) is 5.91. The van der Waals surface area contributed by atoms with E-state index >= 15 is 0 Å². The molecule has 0 unspecified atom stereocenters. The fourth-order valence-electron chi connectivity index (χ4n) is 2.42. The van der Waals surface area contributed by atoms with Crippen molar-refractivity contribution in [1.29, 1.82) is 0 Å². The minimum absolute atomic E-state index is 0.548. The average Bonchev–Trinajstić information content (AvgIpc) is 3.10. The van der Waals surface area contributed by atoms with Gasteiger partial charge >= 0.3 is 0 Å². The largest absolute Gasteiger partial charge is 0.468 e. The number of halogens is 1. The van der Waals surface area contributed by atoms with Crippen LogP contribution in [0.4, 0.5) is 5.82 Å². The number of hydrogen-bond donors (Lipinski definition) is 1.